The highest BCUT2D eigenvalue weighted by Crippen LogP contribution is 2.26. The Bertz CT molecular complexity index is 489. The van der Waals surface area contributed by atoms with Crippen LogP contribution in [-0.4, -0.2) is 36.5 Å². The maximum Gasteiger partial charge on any atom is 0.256 e. The number of fused-ring (bicyclic) bond motifs is 1. The molecule has 0 aromatic heterocycles. The molecule has 2 heterocycles. The van der Waals surface area contributed by atoms with Crippen molar-refractivity contribution in [1.82, 2.24) is 10.2 Å². The summed E-state index contributed by atoms with van der Waals surface area (Å²) in [4.78, 5) is 14.2. The SMILES string of the molecule is Cc1ccc(F)c(C(=O)N2C[C@@H]3CCCN[C@@H]3C2)c1. The van der Waals surface area contributed by atoms with Crippen LogP contribution in [0.4, 0.5) is 4.39 Å². The summed E-state index contributed by atoms with van der Waals surface area (Å²) < 4.78 is 13.8. The van der Waals surface area contributed by atoms with Gasteiger partial charge in [0.2, 0.25) is 0 Å². The summed E-state index contributed by atoms with van der Waals surface area (Å²) in [5.41, 5.74) is 1.12. The molecule has 1 aromatic carbocycles. The first-order valence-electron chi connectivity index (χ1n) is 6.94. The molecule has 2 aliphatic rings. The number of rotatable bonds is 1. The number of hydrogen-bond donors (Lipinski definition) is 1. The van der Waals surface area contributed by atoms with Gasteiger partial charge >= 0.3 is 0 Å². The number of amides is 1. The van der Waals surface area contributed by atoms with Gasteiger partial charge in [-0.3, -0.25) is 4.79 Å². The van der Waals surface area contributed by atoms with Crippen LogP contribution in [0.15, 0.2) is 18.2 Å². The maximum absolute atomic E-state index is 13.8. The molecule has 1 N–H and O–H groups in total. The predicted octanol–water partition coefficient (Wildman–Crippen LogP) is 1.96. The molecular formula is C15H19FN2O. The molecule has 0 saturated carbocycles. The first kappa shape index (κ1) is 12.6. The average molecular weight is 262 g/mol. The zero-order valence-electron chi connectivity index (χ0n) is 11.2. The van der Waals surface area contributed by atoms with Crippen molar-refractivity contribution in [3.63, 3.8) is 0 Å². The van der Waals surface area contributed by atoms with Crippen LogP contribution in [0.3, 0.4) is 0 Å². The largest absolute Gasteiger partial charge is 0.337 e. The van der Waals surface area contributed by atoms with Gasteiger partial charge in [-0.15, -0.1) is 0 Å². The number of hydrogen-bond acceptors (Lipinski definition) is 2. The molecule has 0 bridgehead atoms. The van der Waals surface area contributed by atoms with E-state index in [2.05, 4.69) is 5.32 Å². The molecule has 2 saturated heterocycles. The van der Waals surface area contributed by atoms with Gasteiger partial charge in [0, 0.05) is 19.1 Å². The van der Waals surface area contributed by atoms with Crippen LogP contribution >= 0.6 is 0 Å². The summed E-state index contributed by atoms with van der Waals surface area (Å²) in [6, 6.07) is 5.11. The van der Waals surface area contributed by atoms with Gasteiger partial charge in [0.05, 0.1) is 5.56 Å². The Morgan fingerprint density at radius 3 is 3.05 bits per heavy atom. The Hall–Kier alpha value is -1.42. The summed E-state index contributed by atoms with van der Waals surface area (Å²) in [6.45, 7) is 4.37. The fourth-order valence-corrected chi connectivity index (χ4v) is 3.19. The lowest BCUT2D eigenvalue weighted by atomic mass is 9.94. The Morgan fingerprint density at radius 2 is 2.26 bits per heavy atom. The smallest absolute Gasteiger partial charge is 0.256 e. The molecule has 4 heteroatoms. The number of halogens is 1. The molecular weight excluding hydrogens is 243 g/mol. The quantitative estimate of drug-likeness (QED) is 0.839. The molecule has 19 heavy (non-hydrogen) atoms. The maximum atomic E-state index is 13.8. The van der Waals surface area contributed by atoms with Crippen LogP contribution in [0, 0.1) is 18.7 Å². The van der Waals surface area contributed by atoms with Gasteiger partial charge in [-0.25, -0.2) is 4.39 Å². The van der Waals surface area contributed by atoms with Gasteiger partial charge in [-0.2, -0.15) is 0 Å². The van der Waals surface area contributed by atoms with E-state index >= 15 is 0 Å². The highest BCUT2D eigenvalue weighted by atomic mass is 19.1. The lowest BCUT2D eigenvalue weighted by Gasteiger charge is -2.24. The van der Waals surface area contributed by atoms with Crippen LogP contribution in [-0.2, 0) is 0 Å². The first-order valence-corrected chi connectivity index (χ1v) is 6.94. The minimum Gasteiger partial charge on any atom is -0.337 e. The van der Waals surface area contributed by atoms with Gasteiger partial charge < -0.3 is 10.2 Å². The highest BCUT2D eigenvalue weighted by Gasteiger charge is 2.37. The van der Waals surface area contributed by atoms with E-state index in [-0.39, 0.29) is 11.5 Å². The van der Waals surface area contributed by atoms with Crippen molar-refractivity contribution in [2.75, 3.05) is 19.6 Å². The van der Waals surface area contributed by atoms with Crippen molar-refractivity contribution in [2.45, 2.75) is 25.8 Å². The fraction of sp³-hybridized carbons (Fsp3) is 0.533. The van der Waals surface area contributed by atoms with E-state index in [1.54, 1.807) is 17.0 Å². The molecule has 2 atom stereocenters. The van der Waals surface area contributed by atoms with E-state index in [0.717, 1.165) is 25.1 Å². The van der Waals surface area contributed by atoms with Gasteiger partial charge in [0.15, 0.2) is 0 Å². The second-order valence-electron chi connectivity index (χ2n) is 5.66. The molecule has 0 unspecified atom stereocenters. The topological polar surface area (TPSA) is 32.3 Å². The number of nitrogens with zero attached hydrogens (tertiary/aromatic N) is 1. The third-order valence-corrected chi connectivity index (χ3v) is 4.24. The number of carbonyl (C=O) groups excluding carboxylic acids is 1. The zero-order chi connectivity index (χ0) is 13.4. The van der Waals surface area contributed by atoms with Gasteiger partial charge in [0.25, 0.3) is 5.91 Å². The number of likely N-dealkylation sites (tertiary alicyclic amines) is 1. The fourth-order valence-electron chi connectivity index (χ4n) is 3.19. The molecule has 1 aromatic rings. The third-order valence-electron chi connectivity index (χ3n) is 4.24. The predicted molar refractivity (Wildman–Crippen MR) is 71.6 cm³/mol. The summed E-state index contributed by atoms with van der Waals surface area (Å²) in [6.07, 6.45) is 2.33. The van der Waals surface area contributed by atoms with Crippen LogP contribution < -0.4 is 5.32 Å². The summed E-state index contributed by atoms with van der Waals surface area (Å²) in [5.74, 6) is -0.0543. The van der Waals surface area contributed by atoms with E-state index < -0.39 is 5.82 Å². The Morgan fingerprint density at radius 1 is 1.42 bits per heavy atom. The average Bonchev–Trinajstić information content (AvgIpc) is 2.84. The second-order valence-corrected chi connectivity index (χ2v) is 5.66. The van der Waals surface area contributed by atoms with Gasteiger partial charge in [0.1, 0.15) is 5.82 Å². The van der Waals surface area contributed by atoms with E-state index in [1.165, 1.54) is 12.5 Å². The Balaban J connectivity index is 1.79. The molecule has 1 amide bonds. The van der Waals surface area contributed by atoms with Crippen LogP contribution in [0.1, 0.15) is 28.8 Å². The Labute approximate surface area is 112 Å². The van der Waals surface area contributed by atoms with Crippen molar-refractivity contribution < 1.29 is 9.18 Å². The number of nitrogens with one attached hydrogen (secondary N) is 1. The second kappa shape index (κ2) is 4.93. The summed E-state index contributed by atoms with van der Waals surface area (Å²) >= 11 is 0. The molecule has 0 spiro atoms. The van der Waals surface area contributed by atoms with E-state index in [0.29, 0.717) is 18.5 Å². The number of aryl methyl sites for hydroxylation is 1. The number of carbonyl (C=O) groups is 1. The molecule has 0 radical (unpaired) electrons. The zero-order valence-corrected chi connectivity index (χ0v) is 11.2. The van der Waals surface area contributed by atoms with Crippen LogP contribution in [0.25, 0.3) is 0 Å². The van der Waals surface area contributed by atoms with Gasteiger partial charge in [-0.1, -0.05) is 11.6 Å². The lowest BCUT2D eigenvalue weighted by molar-refractivity contribution is 0.0781. The van der Waals surface area contributed by atoms with Crippen LogP contribution in [0.2, 0.25) is 0 Å². The van der Waals surface area contributed by atoms with Crippen molar-refractivity contribution in [2.24, 2.45) is 5.92 Å². The lowest BCUT2D eigenvalue weighted by Crippen LogP contribution is -2.41. The Kier molecular flexibility index (Phi) is 3.27. The van der Waals surface area contributed by atoms with E-state index in [1.807, 2.05) is 6.92 Å². The standard InChI is InChI=1S/C15H19FN2O/c1-10-4-5-13(16)12(7-10)15(19)18-8-11-3-2-6-17-14(11)9-18/h4-5,7,11,14,17H,2-3,6,8-9H2,1H3/t11-,14+/m0/s1. The molecule has 102 valence electrons. The molecule has 3 nitrogen and oxygen atoms in total. The molecule has 3 rings (SSSR count). The van der Waals surface area contributed by atoms with E-state index in [9.17, 15) is 9.18 Å². The van der Waals surface area contributed by atoms with Crippen LogP contribution in [0.5, 0.6) is 0 Å². The molecule has 2 aliphatic heterocycles. The normalized spacial score (nSPS) is 26.3. The van der Waals surface area contributed by atoms with Crippen molar-refractivity contribution in [3.05, 3.63) is 35.1 Å². The number of piperidine rings is 1. The monoisotopic (exact) mass is 262 g/mol. The highest BCUT2D eigenvalue weighted by molar-refractivity contribution is 5.95. The minimum absolute atomic E-state index is 0.169. The first-order chi connectivity index (χ1) is 9.15. The number of benzene rings is 1. The van der Waals surface area contributed by atoms with Crippen molar-refractivity contribution in [3.8, 4) is 0 Å². The van der Waals surface area contributed by atoms with E-state index in [4.69, 9.17) is 0 Å². The van der Waals surface area contributed by atoms with Gasteiger partial charge in [-0.05, 0) is 44.4 Å². The summed E-state index contributed by atoms with van der Waals surface area (Å²) in [5, 5.41) is 3.46. The third kappa shape index (κ3) is 2.37. The van der Waals surface area contributed by atoms with Crippen molar-refractivity contribution >= 4 is 5.91 Å². The molecule has 0 aliphatic carbocycles. The molecule has 2 fully saturated rings. The summed E-state index contributed by atoms with van der Waals surface area (Å²) in [7, 11) is 0. The van der Waals surface area contributed by atoms with Crippen molar-refractivity contribution in [1.29, 1.82) is 0 Å². The minimum atomic E-state index is -0.418.